The highest BCUT2D eigenvalue weighted by molar-refractivity contribution is 5.90. The highest BCUT2D eigenvalue weighted by atomic mass is 19.1. The van der Waals surface area contributed by atoms with E-state index in [1.54, 1.807) is 25.1 Å². The standard InChI is InChI=1S/C21H18FN5O2/c1-13-3-6-15(7-4-13)18-10-19-21(29)26(23-12-27(19)25-18)11-20(28)24-16-8-5-14(2)17(22)9-16/h3-10,12H,11H2,1-2H3,(H,24,28). The van der Waals surface area contributed by atoms with Crippen LogP contribution in [0.25, 0.3) is 16.8 Å². The number of fused-ring (bicyclic) bond motifs is 1. The van der Waals surface area contributed by atoms with E-state index in [2.05, 4.69) is 15.5 Å². The number of hydrogen-bond donors (Lipinski definition) is 1. The topological polar surface area (TPSA) is 81.3 Å². The minimum absolute atomic E-state index is 0.296. The average Bonchev–Trinajstić information content (AvgIpc) is 3.13. The lowest BCUT2D eigenvalue weighted by atomic mass is 10.1. The van der Waals surface area contributed by atoms with Crippen LogP contribution in [-0.2, 0) is 11.3 Å². The van der Waals surface area contributed by atoms with Crippen LogP contribution < -0.4 is 10.9 Å². The van der Waals surface area contributed by atoms with Crippen LogP contribution in [0.2, 0.25) is 0 Å². The molecule has 4 rings (SSSR count). The second-order valence-electron chi connectivity index (χ2n) is 6.83. The number of nitrogens with one attached hydrogen (secondary N) is 1. The third-order valence-corrected chi connectivity index (χ3v) is 4.59. The Morgan fingerprint density at radius 2 is 1.86 bits per heavy atom. The molecule has 0 bridgehead atoms. The fraction of sp³-hybridized carbons (Fsp3) is 0.143. The first-order valence-electron chi connectivity index (χ1n) is 8.99. The Morgan fingerprint density at radius 3 is 2.59 bits per heavy atom. The molecule has 0 fully saturated rings. The lowest BCUT2D eigenvalue weighted by Crippen LogP contribution is -2.30. The molecule has 0 aliphatic rings. The number of halogens is 1. The summed E-state index contributed by atoms with van der Waals surface area (Å²) in [5.74, 6) is -0.895. The predicted molar refractivity (Wildman–Crippen MR) is 107 cm³/mol. The molecule has 1 amide bonds. The van der Waals surface area contributed by atoms with Crippen molar-refractivity contribution < 1.29 is 9.18 Å². The van der Waals surface area contributed by atoms with E-state index in [1.807, 2.05) is 31.2 Å². The van der Waals surface area contributed by atoms with Crippen molar-refractivity contribution in [3.8, 4) is 11.3 Å². The number of anilines is 1. The first-order valence-corrected chi connectivity index (χ1v) is 8.99. The molecule has 0 spiro atoms. The van der Waals surface area contributed by atoms with Crippen molar-refractivity contribution in [3.05, 3.63) is 82.2 Å². The van der Waals surface area contributed by atoms with Crippen molar-refractivity contribution in [3.63, 3.8) is 0 Å². The smallest absolute Gasteiger partial charge is 0.293 e. The van der Waals surface area contributed by atoms with Gasteiger partial charge in [-0.3, -0.25) is 9.59 Å². The molecule has 7 nitrogen and oxygen atoms in total. The highest BCUT2D eigenvalue weighted by Crippen LogP contribution is 2.18. The summed E-state index contributed by atoms with van der Waals surface area (Å²) in [6.45, 7) is 3.33. The molecule has 2 heterocycles. The normalized spacial score (nSPS) is 11.0. The SMILES string of the molecule is Cc1ccc(-c2cc3c(=O)n(CC(=O)Nc4ccc(C)c(F)c4)ncn3n2)cc1. The van der Waals surface area contributed by atoms with Crippen molar-refractivity contribution in [2.24, 2.45) is 0 Å². The number of aromatic nitrogens is 4. The summed E-state index contributed by atoms with van der Waals surface area (Å²) in [4.78, 5) is 25.0. The number of rotatable bonds is 4. The van der Waals surface area contributed by atoms with Crippen molar-refractivity contribution >= 4 is 17.1 Å². The second kappa shape index (κ2) is 7.31. The molecule has 146 valence electrons. The van der Waals surface area contributed by atoms with Crippen LogP contribution in [0.1, 0.15) is 11.1 Å². The Bertz CT molecular complexity index is 1270. The van der Waals surface area contributed by atoms with Crippen LogP contribution in [0.4, 0.5) is 10.1 Å². The number of benzene rings is 2. The lowest BCUT2D eigenvalue weighted by molar-refractivity contribution is -0.117. The molecular weight excluding hydrogens is 373 g/mol. The molecule has 2 aromatic carbocycles. The second-order valence-corrected chi connectivity index (χ2v) is 6.83. The van der Waals surface area contributed by atoms with Crippen LogP contribution in [-0.4, -0.2) is 25.3 Å². The molecule has 0 unspecified atom stereocenters. The zero-order chi connectivity index (χ0) is 20.5. The summed E-state index contributed by atoms with van der Waals surface area (Å²) >= 11 is 0. The van der Waals surface area contributed by atoms with Crippen LogP contribution in [0.3, 0.4) is 0 Å². The number of carbonyl (C=O) groups is 1. The summed E-state index contributed by atoms with van der Waals surface area (Å²) in [6.07, 6.45) is 1.38. The van der Waals surface area contributed by atoms with Crippen molar-refractivity contribution in [1.29, 1.82) is 0 Å². The molecule has 0 aliphatic carbocycles. The monoisotopic (exact) mass is 391 g/mol. The van der Waals surface area contributed by atoms with Crippen molar-refractivity contribution in [2.75, 3.05) is 5.32 Å². The minimum atomic E-state index is -0.481. The van der Waals surface area contributed by atoms with E-state index in [0.717, 1.165) is 15.8 Å². The van der Waals surface area contributed by atoms with Gasteiger partial charge in [-0.1, -0.05) is 35.9 Å². The van der Waals surface area contributed by atoms with Crippen molar-refractivity contribution in [1.82, 2.24) is 19.4 Å². The quantitative estimate of drug-likeness (QED) is 0.580. The van der Waals surface area contributed by atoms with Crippen LogP contribution in [0, 0.1) is 19.7 Å². The Balaban J connectivity index is 1.58. The molecule has 4 aromatic rings. The van der Waals surface area contributed by atoms with Crippen LogP contribution in [0.15, 0.2) is 59.7 Å². The highest BCUT2D eigenvalue weighted by Gasteiger charge is 2.13. The van der Waals surface area contributed by atoms with Gasteiger partial charge in [0.15, 0.2) is 0 Å². The molecular formula is C21H18FN5O2. The van der Waals surface area contributed by atoms with Gasteiger partial charge in [-0.2, -0.15) is 10.2 Å². The molecule has 0 radical (unpaired) electrons. The number of nitrogens with zero attached hydrogens (tertiary/aromatic N) is 4. The maximum absolute atomic E-state index is 13.6. The largest absolute Gasteiger partial charge is 0.324 e. The van der Waals surface area contributed by atoms with Crippen molar-refractivity contribution in [2.45, 2.75) is 20.4 Å². The van der Waals surface area contributed by atoms with Gasteiger partial charge in [0.25, 0.3) is 5.56 Å². The zero-order valence-corrected chi connectivity index (χ0v) is 15.9. The Labute approximate surface area is 165 Å². The number of amides is 1. The van der Waals surface area contributed by atoms with Gasteiger partial charge in [-0.05, 0) is 37.6 Å². The molecule has 29 heavy (non-hydrogen) atoms. The Hall–Kier alpha value is -3.81. The summed E-state index contributed by atoms with van der Waals surface area (Å²) in [5, 5.41) is 11.0. The fourth-order valence-corrected chi connectivity index (χ4v) is 2.92. The fourth-order valence-electron chi connectivity index (χ4n) is 2.92. The molecule has 2 aromatic heterocycles. The molecule has 8 heteroatoms. The molecule has 0 saturated carbocycles. The Morgan fingerprint density at radius 1 is 1.10 bits per heavy atom. The third-order valence-electron chi connectivity index (χ3n) is 4.59. The molecule has 0 saturated heterocycles. The maximum Gasteiger partial charge on any atom is 0.293 e. The first-order chi connectivity index (χ1) is 13.9. The van der Waals surface area contributed by atoms with Gasteiger partial charge in [-0.15, -0.1) is 0 Å². The number of carbonyl (C=O) groups excluding carboxylic acids is 1. The van der Waals surface area contributed by atoms with Gasteiger partial charge in [0.05, 0.1) is 5.69 Å². The van der Waals surface area contributed by atoms with Gasteiger partial charge < -0.3 is 5.32 Å². The third kappa shape index (κ3) is 3.77. The molecule has 1 N–H and O–H groups in total. The first kappa shape index (κ1) is 18.5. The van der Waals surface area contributed by atoms with E-state index >= 15 is 0 Å². The summed E-state index contributed by atoms with van der Waals surface area (Å²) < 4.78 is 16.1. The zero-order valence-electron chi connectivity index (χ0n) is 15.9. The molecule has 0 atom stereocenters. The predicted octanol–water partition coefficient (Wildman–Crippen LogP) is 2.95. The van der Waals surface area contributed by atoms with Gasteiger partial charge in [-0.25, -0.2) is 13.6 Å². The van der Waals surface area contributed by atoms with Gasteiger partial charge in [0.1, 0.15) is 24.2 Å². The van der Waals surface area contributed by atoms with E-state index in [4.69, 9.17) is 0 Å². The maximum atomic E-state index is 13.6. The van der Waals surface area contributed by atoms with E-state index in [-0.39, 0.29) is 6.54 Å². The van der Waals surface area contributed by atoms with Gasteiger partial charge >= 0.3 is 0 Å². The van der Waals surface area contributed by atoms with Gasteiger partial charge in [0, 0.05) is 11.3 Å². The number of hydrogen-bond acceptors (Lipinski definition) is 4. The minimum Gasteiger partial charge on any atom is -0.324 e. The van der Waals surface area contributed by atoms with Gasteiger partial charge in [0.2, 0.25) is 5.91 Å². The van der Waals surface area contributed by atoms with E-state index in [1.165, 1.54) is 16.9 Å². The van der Waals surface area contributed by atoms with E-state index in [9.17, 15) is 14.0 Å². The van der Waals surface area contributed by atoms with Crippen LogP contribution >= 0.6 is 0 Å². The lowest BCUT2D eigenvalue weighted by Gasteiger charge is -2.07. The summed E-state index contributed by atoms with van der Waals surface area (Å²) in [5.41, 5.74) is 3.31. The summed E-state index contributed by atoms with van der Waals surface area (Å²) in [7, 11) is 0. The Kier molecular flexibility index (Phi) is 4.67. The van der Waals surface area contributed by atoms with E-state index in [0.29, 0.717) is 22.5 Å². The van der Waals surface area contributed by atoms with Crippen LogP contribution in [0.5, 0.6) is 0 Å². The van der Waals surface area contributed by atoms with E-state index < -0.39 is 17.3 Å². The number of aryl methyl sites for hydroxylation is 2. The summed E-state index contributed by atoms with van der Waals surface area (Å²) in [6, 6.07) is 13.9. The average molecular weight is 391 g/mol. The molecule has 0 aliphatic heterocycles.